The minimum atomic E-state index is -3.55. The lowest BCUT2D eigenvalue weighted by atomic mass is 10.2. The Morgan fingerprint density at radius 3 is 2.34 bits per heavy atom. The lowest BCUT2D eigenvalue weighted by Crippen LogP contribution is -2.51. The molecule has 1 aliphatic rings. The standard InChI is InChI=1S/C18H21FN4O4S2/c1-21(2)29(26,27)16-7-6-15(28-16)20-18(25)23-10-8-22(9-11-23)17(24)13-4-3-5-14(19)12-13/h3-7,12H,8-11H2,1-2H3,(H,20,25). The Balaban J connectivity index is 1.57. The molecular formula is C18H21FN4O4S2. The number of nitrogens with zero attached hydrogens (tertiary/aromatic N) is 3. The van der Waals surface area contributed by atoms with E-state index in [-0.39, 0.29) is 21.7 Å². The normalized spacial score (nSPS) is 14.9. The van der Waals surface area contributed by atoms with Gasteiger partial charge in [0.1, 0.15) is 10.0 Å². The zero-order valence-electron chi connectivity index (χ0n) is 16.0. The summed E-state index contributed by atoms with van der Waals surface area (Å²) in [7, 11) is -0.662. The number of anilines is 1. The Bertz CT molecular complexity index is 1010. The number of halogens is 1. The molecule has 156 valence electrons. The van der Waals surface area contributed by atoms with Crippen LogP contribution in [0.5, 0.6) is 0 Å². The van der Waals surface area contributed by atoms with Crippen molar-refractivity contribution in [2.75, 3.05) is 45.6 Å². The van der Waals surface area contributed by atoms with E-state index in [0.29, 0.717) is 31.2 Å². The van der Waals surface area contributed by atoms with E-state index >= 15 is 0 Å². The fourth-order valence-corrected chi connectivity index (χ4v) is 5.17. The summed E-state index contributed by atoms with van der Waals surface area (Å²) in [5.74, 6) is -0.748. The number of sulfonamides is 1. The number of rotatable bonds is 4. The lowest BCUT2D eigenvalue weighted by molar-refractivity contribution is 0.0671. The van der Waals surface area contributed by atoms with Crippen LogP contribution < -0.4 is 5.32 Å². The zero-order chi connectivity index (χ0) is 21.2. The summed E-state index contributed by atoms with van der Waals surface area (Å²) in [4.78, 5) is 28.0. The van der Waals surface area contributed by atoms with E-state index in [1.54, 1.807) is 21.9 Å². The Hall–Kier alpha value is -2.50. The van der Waals surface area contributed by atoms with Gasteiger partial charge in [-0.05, 0) is 30.3 Å². The topological polar surface area (TPSA) is 90.0 Å². The monoisotopic (exact) mass is 440 g/mol. The van der Waals surface area contributed by atoms with Crippen LogP contribution in [0.1, 0.15) is 10.4 Å². The first-order valence-corrected chi connectivity index (χ1v) is 11.1. The predicted octanol–water partition coefficient (Wildman–Crippen LogP) is 2.13. The first kappa shape index (κ1) is 21.2. The van der Waals surface area contributed by atoms with Crippen LogP contribution in [-0.2, 0) is 10.0 Å². The van der Waals surface area contributed by atoms with E-state index in [1.807, 2.05) is 0 Å². The average molecular weight is 441 g/mol. The van der Waals surface area contributed by atoms with E-state index in [9.17, 15) is 22.4 Å². The summed E-state index contributed by atoms with van der Waals surface area (Å²) < 4.78 is 38.8. The molecule has 0 aliphatic carbocycles. The van der Waals surface area contributed by atoms with Crippen LogP contribution in [0.15, 0.2) is 40.6 Å². The third-order valence-corrected chi connectivity index (χ3v) is 7.76. The lowest BCUT2D eigenvalue weighted by Gasteiger charge is -2.34. The first-order valence-electron chi connectivity index (χ1n) is 8.81. The van der Waals surface area contributed by atoms with Gasteiger partial charge in [-0.1, -0.05) is 6.07 Å². The number of benzene rings is 1. The molecule has 1 aromatic carbocycles. The van der Waals surface area contributed by atoms with Crippen molar-refractivity contribution in [2.45, 2.75) is 4.21 Å². The Morgan fingerprint density at radius 1 is 1.07 bits per heavy atom. The van der Waals surface area contributed by atoms with Gasteiger partial charge in [0.25, 0.3) is 15.9 Å². The summed E-state index contributed by atoms with van der Waals surface area (Å²) in [5.41, 5.74) is 0.274. The smallest absolute Gasteiger partial charge is 0.322 e. The van der Waals surface area contributed by atoms with Gasteiger partial charge in [-0.3, -0.25) is 10.1 Å². The van der Waals surface area contributed by atoms with Crippen molar-refractivity contribution < 1.29 is 22.4 Å². The molecule has 8 nitrogen and oxygen atoms in total. The van der Waals surface area contributed by atoms with Crippen molar-refractivity contribution in [3.8, 4) is 0 Å². The van der Waals surface area contributed by atoms with Crippen molar-refractivity contribution in [2.24, 2.45) is 0 Å². The number of thiophene rings is 1. The molecular weight excluding hydrogens is 419 g/mol. The van der Waals surface area contributed by atoms with Gasteiger partial charge in [-0.15, -0.1) is 11.3 Å². The maximum Gasteiger partial charge on any atom is 0.322 e. The molecule has 3 rings (SSSR count). The molecule has 1 aromatic heterocycles. The summed E-state index contributed by atoms with van der Waals surface area (Å²) in [5, 5.41) is 3.12. The third kappa shape index (κ3) is 4.74. The number of hydrogen-bond donors (Lipinski definition) is 1. The molecule has 2 heterocycles. The van der Waals surface area contributed by atoms with E-state index in [2.05, 4.69) is 5.32 Å². The zero-order valence-corrected chi connectivity index (χ0v) is 17.6. The fourth-order valence-electron chi connectivity index (χ4n) is 2.81. The molecule has 3 amide bonds. The van der Waals surface area contributed by atoms with Gasteiger partial charge in [0.05, 0.1) is 5.00 Å². The van der Waals surface area contributed by atoms with Gasteiger partial charge < -0.3 is 9.80 Å². The molecule has 0 unspecified atom stereocenters. The molecule has 0 saturated carbocycles. The Labute approximate surface area is 172 Å². The highest BCUT2D eigenvalue weighted by atomic mass is 32.2. The fraction of sp³-hybridized carbons (Fsp3) is 0.333. The van der Waals surface area contributed by atoms with Crippen LogP contribution in [0.4, 0.5) is 14.2 Å². The molecule has 0 bridgehead atoms. The van der Waals surface area contributed by atoms with Crippen molar-refractivity contribution in [1.82, 2.24) is 14.1 Å². The molecule has 2 aromatic rings. The molecule has 1 saturated heterocycles. The first-order chi connectivity index (χ1) is 13.7. The number of nitrogens with one attached hydrogen (secondary N) is 1. The highest BCUT2D eigenvalue weighted by Gasteiger charge is 2.26. The van der Waals surface area contributed by atoms with E-state index < -0.39 is 15.8 Å². The number of carbonyl (C=O) groups is 2. The number of hydrogen-bond acceptors (Lipinski definition) is 5. The van der Waals surface area contributed by atoms with Gasteiger partial charge in [-0.2, -0.15) is 0 Å². The van der Waals surface area contributed by atoms with Crippen molar-refractivity contribution in [1.29, 1.82) is 0 Å². The molecule has 11 heteroatoms. The number of piperazine rings is 1. The maximum atomic E-state index is 13.3. The van der Waals surface area contributed by atoms with Gasteiger partial charge in [0.2, 0.25) is 0 Å². The van der Waals surface area contributed by atoms with Gasteiger partial charge in [-0.25, -0.2) is 21.9 Å². The Kier molecular flexibility index (Phi) is 6.20. The highest BCUT2D eigenvalue weighted by molar-refractivity contribution is 7.91. The molecule has 1 aliphatic heterocycles. The van der Waals surface area contributed by atoms with E-state index in [1.165, 1.54) is 38.4 Å². The maximum absolute atomic E-state index is 13.3. The summed E-state index contributed by atoms with van der Waals surface area (Å²) in [6.07, 6.45) is 0. The van der Waals surface area contributed by atoms with Crippen LogP contribution in [0.25, 0.3) is 0 Å². The highest BCUT2D eigenvalue weighted by Crippen LogP contribution is 2.28. The second-order valence-electron chi connectivity index (χ2n) is 6.63. The molecule has 0 radical (unpaired) electrons. The summed E-state index contributed by atoms with van der Waals surface area (Å²) in [6, 6.07) is 8.14. The van der Waals surface area contributed by atoms with Crippen LogP contribution >= 0.6 is 11.3 Å². The van der Waals surface area contributed by atoms with Crippen LogP contribution in [-0.4, -0.2) is 74.7 Å². The minimum Gasteiger partial charge on any atom is -0.335 e. The number of carbonyl (C=O) groups excluding carboxylic acids is 2. The van der Waals surface area contributed by atoms with E-state index in [0.717, 1.165) is 15.6 Å². The molecule has 1 fully saturated rings. The molecule has 29 heavy (non-hydrogen) atoms. The van der Waals surface area contributed by atoms with Crippen molar-refractivity contribution >= 4 is 38.3 Å². The number of amides is 3. The van der Waals surface area contributed by atoms with E-state index in [4.69, 9.17) is 0 Å². The van der Waals surface area contributed by atoms with Crippen molar-refractivity contribution in [3.05, 3.63) is 47.8 Å². The SMILES string of the molecule is CN(C)S(=O)(=O)c1ccc(NC(=O)N2CCN(C(=O)c3cccc(F)c3)CC2)s1. The van der Waals surface area contributed by atoms with Gasteiger partial charge >= 0.3 is 6.03 Å². The van der Waals surface area contributed by atoms with Crippen LogP contribution in [0.3, 0.4) is 0 Å². The second-order valence-corrected chi connectivity index (χ2v) is 10.1. The number of urea groups is 1. The predicted molar refractivity (Wildman–Crippen MR) is 108 cm³/mol. The molecule has 0 atom stereocenters. The third-order valence-electron chi connectivity index (χ3n) is 4.47. The Morgan fingerprint density at radius 2 is 1.72 bits per heavy atom. The van der Waals surface area contributed by atoms with Crippen LogP contribution in [0, 0.1) is 5.82 Å². The quantitative estimate of drug-likeness (QED) is 0.789. The largest absolute Gasteiger partial charge is 0.335 e. The summed E-state index contributed by atoms with van der Waals surface area (Å²) in [6.45, 7) is 1.29. The molecule has 0 spiro atoms. The summed E-state index contributed by atoms with van der Waals surface area (Å²) >= 11 is 0.976. The van der Waals surface area contributed by atoms with Gasteiger partial charge in [0.15, 0.2) is 0 Å². The molecule has 1 N–H and O–H groups in total. The second kappa shape index (κ2) is 8.47. The minimum absolute atomic E-state index is 0.142. The van der Waals surface area contributed by atoms with Crippen molar-refractivity contribution in [3.63, 3.8) is 0 Å². The van der Waals surface area contributed by atoms with Crippen LogP contribution in [0.2, 0.25) is 0 Å². The van der Waals surface area contributed by atoms with Gasteiger partial charge in [0, 0.05) is 45.8 Å². The average Bonchev–Trinajstić information content (AvgIpc) is 3.16.